The standard InChI is InChI=1S/C10H10N2O3/c13-8(10(3-4-10)9(14)15)12-7-2-1-5-11-6-7/h1-2,5-6H,3-4H2,(H,12,13)(H,14,15). The molecule has 0 bridgehead atoms. The summed E-state index contributed by atoms with van der Waals surface area (Å²) >= 11 is 0. The lowest BCUT2D eigenvalue weighted by Gasteiger charge is -2.09. The van der Waals surface area contributed by atoms with Crippen LogP contribution in [-0.2, 0) is 9.59 Å². The molecule has 15 heavy (non-hydrogen) atoms. The van der Waals surface area contributed by atoms with Crippen LogP contribution >= 0.6 is 0 Å². The molecule has 5 nitrogen and oxygen atoms in total. The summed E-state index contributed by atoms with van der Waals surface area (Å²) in [6, 6.07) is 3.35. The van der Waals surface area contributed by atoms with Crippen molar-refractivity contribution in [3.63, 3.8) is 0 Å². The molecule has 1 aliphatic carbocycles. The predicted molar refractivity (Wildman–Crippen MR) is 52.2 cm³/mol. The third-order valence-corrected chi connectivity index (χ3v) is 2.51. The summed E-state index contributed by atoms with van der Waals surface area (Å²) in [4.78, 5) is 26.3. The molecule has 0 saturated heterocycles. The highest BCUT2D eigenvalue weighted by atomic mass is 16.4. The van der Waals surface area contributed by atoms with Crippen molar-refractivity contribution >= 4 is 17.6 Å². The Balaban J connectivity index is 2.08. The summed E-state index contributed by atoms with van der Waals surface area (Å²) in [5, 5.41) is 11.4. The lowest BCUT2D eigenvalue weighted by Crippen LogP contribution is -2.31. The van der Waals surface area contributed by atoms with Gasteiger partial charge in [-0.3, -0.25) is 14.6 Å². The van der Waals surface area contributed by atoms with Crippen molar-refractivity contribution in [3.8, 4) is 0 Å². The fraction of sp³-hybridized carbons (Fsp3) is 0.300. The molecule has 2 N–H and O–H groups in total. The maximum absolute atomic E-state index is 11.6. The van der Waals surface area contributed by atoms with Crippen LogP contribution in [0.5, 0.6) is 0 Å². The molecule has 0 aromatic carbocycles. The molecule has 78 valence electrons. The number of amides is 1. The zero-order chi connectivity index (χ0) is 10.9. The van der Waals surface area contributed by atoms with E-state index in [1.54, 1.807) is 18.3 Å². The van der Waals surface area contributed by atoms with Gasteiger partial charge in [0.15, 0.2) is 0 Å². The van der Waals surface area contributed by atoms with Crippen LogP contribution in [0.2, 0.25) is 0 Å². The second-order valence-corrected chi connectivity index (χ2v) is 3.58. The average molecular weight is 206 g/mol. The highest BCUT2D eigenvalue weighted by Gasteiger charge is 2.57. The number of hydrogen-bond acceptors (Lipinski definition) is 3. The fourth-order valence-corrected chi connectivity index (χ4v) is 1.35. The number of carbonyl (C=O) groups is 2. The minimum Gasteiger partial charge on any atom is -0.480 e. The summed E-state index contributed by atoms with van der Waals surface area (Å²) in [6.07, 6.45) is 3.89. The van der Waals surface area contributed by atoms with Gasteiger partial charge in [-0.25, -0.2) is 0 Å². The number of carboxylic acids is 1. The molecule has 0 spiro atoms. The summed E-state index contributed by atoms with van der Waals surface area (Å²) in [7, 11) is 0. The van der Waals surface area contributed by atoms with Gasteiger partial charge < -0.3 is 10.4 Å². The van der Waals surface area contributed by atoms with E-state index in [-0.39, 0.29) is 0 Å². The maximum Gasteiger partial charge on any atom is 0.319 e. The van der Waals surface area contributed by atoms with Crippen LogP contribution in [0.4, 0.5) is 5.69 Å². The molecule has 1 aromatic heterocycles. The minimum absolute atomic E-state index is 0.411. The van der Waals surface area contributed by atoms with Gasteiger partial charge in [0.05, 0.1) is 11.9 Å². The minimum atomic E-state index is -1.20. The van der Waals surface area contributed by atoms with E-state index in [2.05, 4.69) is 10.3 Å². The third-order valence-electron chi connectivity index (χ3n) is 2.51. The largest absolute Gasteiger partial charge is 0.480 e. The first-order valence-electron chi connectivity index (χ1n) is 4.60. The Morgan fingerprint density at radius 1 is 1.47 bits per heavy atom. The third kappa shape index (κ3) is 1.68. The zero-order valence-electron chi connectivity index (χ0n) is 7.93. The van der Waals surface area contributed by atoms with Crippen LogP contribution in [0.1, 0.15) is 12.8 Å². The molecule has 0 aliphatic heterocycles. The molecule has 1 aliphatic rings. The average Bonchev–Trinajstić information content (AvgIpc) is 2.99. The van der Waals surface area contributed by atoms with Crippen LogP contribution < -0.4 is 5.32 Å². The van der Waals surface area contributed by atoms with Gasteiger partial charge in [0.25, 0.3) is 0 Å². The molecule has 0 radical (unpaired) electrons. The van der Waals surface area contributed by atoms with Crippen molar-refractivity contribution < 1.29 is 14.7 Å². The Morgan fingerprint density at radius 2 is 2.20 bits per heavy atom. The summed E-state index contributed by atoms with van der Waals surface area (Å²) in [5.74, 6) is -1.51. The monoisotopic (exact) mass is 206 g/mol. The molecule has 0 atom stereocenters. The van der Waals surface area contributed by atoms with Gasteiger partial charge in [-0.1, -0.05) is 0 Å². The number of nitrogens with zero attached hydrogens (tertiary/aromatic N) is 1. The number of aliphatic carboxylic acids is 1. The molecular weight excluding hydrogens is 196 g/mol. The van der Waals surface area contributed by atoms with Crippen molar-refractivity contribution in [2.45, 2.75) is 12.8 Å². The highest BCUT2D eigenvalue weighted by Crippen LogP contribution is 2.46. The van der Waals surface area contributed by atoms with Crippen LogP contribution in [0, 0.1) is 5.41 Å². The topological polar surface area (TPSA) is 79.3 Å². The first kappa shape index (κ1) is 9.64. The number of carboxylic acid groups (broad SMARTS) is 1. The summed E-state index contributed by atoms with van der Waals surface area (Å²) < 4.78 is 0. The van der Waals surface area contributed by atoms with Crippen molar-refractivity contribution in [3.05, 3.63) is 24.5 Å². The van der Waals surface area contributed by atoms with Gasteiger partial charge in [-0.15, -0.1) is 0 Å². The number of aromatic nitrogens is 1. The Bertz CT molecular complexity index is 398. The van der Waals surface area contributed by atoms with E-state index in [1.165, 1.54) is 6.20 Å². The Hall–Kier alpha value is -1.91. The van der Waals surface area contributed by atoms with Crippen LogP contribution in [0.3, 0.4) is 0 Å². The molecule has 5 heteroatoms. The Kier molecular flexibility index (Phi) is 2.15. The lowest BCUT2D eigenvalue weighted by molar-refractivity contribution is -0.147. The predicted octanol–water partition coefficient (Wildman–Crippen LogP) is 0.885. The molecule has 2 rings (SSSR count). The van der Waals surface area contributed by atoms with Crippen LogP contribution in [0.25, 0.3) is 0 Å². The van der Waals surface area contributed by atoms with Gasteiger partial charge in [0, 0.05) is 6.20 Å². The van der Waals surface area contributed by atoms with Gasteiger partial charge >= 0.3 is 5.97 Å². The first-order chi connectivity index (χ1) is 7.15. The SMILES string of the molecule is O=C(O)C1(C(=O)Nc2cccnc2)CC1. The van der Waals surface area contributed by atoms with Crippen LogP contribution in [-0.4, -0.2) is 22.0 Å². The number of rotatable bonds is 3. The van der Waals surface area contributed by atoms with Gasteiger partial charge in [-0.2, -0.15) is 0 Å². The Labute approximate surface area is 86.1 Å². The van der Waals surface area contributed by atoms with E-state index in [0.29, 0.717) is 18.5 Å². The van der Waals surface area contributed by atoms with E-state index in [0.717, 1.165) is 0 Å². The summed E-state index contributed by atoms with van der Waals surface area (Å²) in [5.41, 5.74) is -0.675. The van der Waals surface area contributed by atoms with Gasteiger partial charge in [0.2, 0.25) is 5.91 Å². The lowest BCUT2D eigenvalue weighted by atomic mass is 10.1. The van der Waals surface area contributed by atoms with E-state index in [9.17, 15) is 9.59 Å². The highest BCUT2D eigenvalue weighted by molar-refractivity contribution is 6.10. The maximum atomic E-state index is 11.6. The molecule has 1 fully saturated rings. The van der Waals surface area contributed by atoms with Crippen molar-refractivity contribution in [2.75, 3.05) is 5.32 Å². The smallest absolute Gasteiger partial charge is 0.319 e. The fourth-order valence-electron chi connectivity index (χ4n) is 1.35. The Morgan fingerprint density at radius 3 is 2.67 bits per heavy atom. The van der Waals surface area contributed by atoms with E-state index >= 15 is 0 Å². The second kappa shape index (κ2) is 3.34. The number of nitrogens with one attached hydrogen (secondary N) is 1. The number of carbonyl (C=O) groups excluding carboxylic acids is 1. The summed E-state index contributed by atoms with van der Waals surface area (Å²) in [6.45, 7) is 0. The quantitative estimate of drug-likeness (QED) is 0.719. The van der Waals surface area contributed by atoms with Crippen molar-refractivity contribution in [1.82, 2.24) is 4.98 Å². The number of pyridine rings is 1. The molecular formula is C10H10N2O3. The van der Waals surface area contributed by atoms with E-state index < -0.39 is 17.3 Å². The van der Waals surface area contributed by atoms with Crippen molar-refractivity contribution in [2.24, 2.45) is 5.41 Å². The second-order valence-electron chi connectivity index (χ2n) is 3.58. The molecule has 1 amide bonds. The van der Waals surface area contributed by atoms with Crippen molar-refractivity contribution in [1.29, 1.82) is 0 Å². The van der Waals surface area contributed by atoms with E-state index in [1.807, 2.05) is 0 Å². The molecule has 1 saturated carbocycles. The van der Waals surface area contributed by atoms with Crippen LogP contribution in [0.15, 0.2) is 24.5 Å². The zero-order valence-corrected chi connectivity index (χ0v) is 7.93. The molecule has 1 aromatic rings. The molecule has 1 heterocycles. The number of hydrogen-bond donors (Lipinski definition) is 2. The molecule has 0 unspecified atom stereocenters. The van der Waals surface area contributed by atoms with Gasteiger partial charge in [-0.05, 0) is 25.0 Å². The first-order valence-corrected chi connectivity index (χ1v) is 4.60. The van der Waals surface area contributed by atoms with Gasteiger partial charge in [0.1, 0.15) is 5.41 Å². The number of anilines is 1. The normalized spacial score (nSPS) is 16.8. The van der Waals surface area contributed by atoms with E-state index in [4.69, 9.17) is 5.11 Å².